The van der Waals surface area contributed by atoms with Crippen LogP contribution < -0.4 is 10.2 Å². The van der Waals surface area contributed by atoms with Crippen molar-refractivity contribution in [2.45, 2.75) is 25.8 Å². The molecule has 0 amide bonds. The average molecular weight is 249 g/mol. The van der Waals surface area contributed by atoms with Crippen molar-refractivity contribution >= 4 is 5.82 Å². The summed E-state index contributed by atoms with van der Waals surface area (Å²) in [6.07, 6.45) is 5.92. The van der Waals surface area contributed by atoms with Crippen LogP contribution in [0.5, 0.6) is 0 Å². The lowest BCUT2D eigenvalue weighted by molar-refractivity contribution is 0.199. The number of hydrogen-bond acceptors (Lipinski definition) is 4. The van der Waals surface area contributed by atoms with E-state index in [4.69, 9.17) is 4.74 Å². The van der Waals surface area contributed by atoms with Gasteiger partial charge in [-0.05, 0) is 30.9 Å². The molecule has 0 aromatic carbocycles. The van der Waals surface area contributed by atoms with Crippen LogP contribution in [0.1, 0.15) is 24.8 Å². The molecule has 2 heterocycles. The molecule has 4 heteroatoms. The number of rotatable bonds is 6. The van der Waals surface area contributed by atoms with Crippen LogP contribution in [0.2, 0.25) is 0 Å². The Labute approximate surface area is 109 Å². The zero-order chi connectivity index (χ0) is 12.6. The van der Waals surface area contributed by atoms with E-state index in [1.165, 1.54) is 24.8 Å². The zero-order valence-electron chi connectivity index (χ0n) is 11.2. The third kappa shape index (κ3) is 3.96. The van der Waals surface area contributed by atoms with Crippen LogP contribution in [-0.4, -0.2) is 38.3 Å². The van der Waals surface area contributed by atoms with Crippen molar-refractivity contribution in [2.75, 3.05) is 38.3 Å². The number of pyridine rings is 1. The molecule has 1 N–H and O–H groups in total. The van der Waals surface area contributed by atoms with Gasteiger partial charge < -0.3 is 15.0 Å². The number of methoxy groups -OCH3 is 1. The molecular formula is C14H23N3O. The molecule has 1 aliphatic heterocycles. The standard InChI is InChI=1S/C14H23N3O/c1-18-10-7-15-11-13-5-6-14(16-12-13)17-8-3-2-4-9-17/h5-6,12,15H,2-4,7-11H2,1H3. The summed E-state index contributed by atoms with van der Waals surface area (Å²) in [5, 5.41) is 3.32. The Morgan fingerprint density at radius 2 is 2.11 bits per heavy atom. The lowest BCUT2D eigenvalue weighted by atomic mass is 10.1. The maximum atomic E-state index is 4.99. The molecule has 1 saturated heterocycles. The molecule has 2 rings (SSSR count). The fourth-order valence-corrected chi connectivity index (χ4v) is 2.24. The Hall–Kier alpha value is -1.13. The molecular weight excluding hydrogens is 226 g/mol. The van der Waals surface area contributed by atoms with Gasteiger partial charge in [-0.1, -0.05) is 6.07 Å². The fraction of sp³-hybridized carbons (Fsp3) is 0.643. The molecule has 1 aliphatic rings. The van der Waals surface area contributed by atoms with Gasteiger partial charge >= 0.3 is 0 Å². The Morgan fingerprint density at radius 3 is 2.78 bits per heavy atom. The maximum absolute atomic E-state index is 4.99. The highest BCUT2D eigenvalue weighted by molar-refractivity contribution is 5.39. The number of ether oxygens (including phenoxy) is 1. The van der Waals surface area contributed by atoms with E-state index in [0.717, 1.165) is 38.6 Å². The summed E-state index contributed by atoms with van der Waals surface area (Å²) in [6, 6.07) is 4.30. The zero-order valence-corrected chi connectivity index (χ0v) is 11.2. The summed E-state index contributed by atoms with van der Waals surface area (Å²) in [6.45, 7) is 4.79. The van der Waals surface area contributed by atoms with Gasteiger partial charge in [0.05, 0.1) is 6.61 Å². The molecule has 0 spiro atoms. The van der Waals surface area contributed by atoms with E-state index in [2.05, 4.69) is 27.3 Å². The van der Waals surface area contributed by atoms with E-state index in [0.29, 0.717) is 0 Å². The normalized spacial score (nSPS) is 15.9. The molecule has 0 aliphatic carbocycles. The van der Waals surface area contributed by atoms with Crippen molar-refractivity contribution in [1.29, 1.82) is 0 Å². The number of anilines is 1. The van der Waals surface area contributed by atoms with Gasteiger partial charge in [0.15, 0.2) is 0 Å². The maximum Gasteiger partial charge on any atom is 0.128 e. The second-order valence-electron chi connectivity index (χ2n) is 4.74. The van der Waals surface area contributed by atoms with Gasteiger partial charge in [-0.25, -0.2) is 4.98 Å². The summed E-state index contributed by atoms with van der Waals surface area (Å²) < 4.78 is 4.99. The molecule has 1 fully saturated rings. The summed E-state index contributed by atoms with van der Waals surface area (Å²) in [5.74, 6) is 1.12. The van der Waals surface area contributed by atoms with Gasteiger partial charge in [0.2, 0.25) is 0 Å². The Bertz CT molecular complexity index is 333. The molecule has 100 valence electrons. The molecule has 4 nitrogen and oxygen atoms in total. The summed E-state index contributed by atoms with van der Waals surface area (Å²) in [5.41, 5.74) is 1.23. The third-order valence-electron chi connectivity index (χ3n) is 3.30. The third-order valence-corrected chi connectivity index (χ3v) is 3.30. The lowest BCUT2D eigenvalue weighted by Gasteiger charge is -2.27. The minimum absolute atomic E-state index is 0.749. The van der Waals surface area contributed by atoms with E-state index in [9.17, 15) is 0 Å². The highest BCUT2D eigenvalue weighted by atomic mass is 16.5. The minimum atomic E-state index is 0.749. The first-order valence-electron chi connectivity index (χ1n) is 6.79. The van der Waals surface area contributed by atoms with Gasteiger partial charge in [0.25, 0.3) is 0 Å². The molecule has 0 atom stereocenters. The van der Waals surface area contributed by atoms with Crippen LogP contribution >= 0.6 is 0 Å². The van der Waals surface area contributed by atoms with E-state index >= 15 is 0 Å². The number of nitrogens with one attached hydrogen (secondary N) is 1. The monoisotopic (exact) mass is 249 g/mol. The molecule has 0 radical (unpaired) electrons. The fourth-order valence-electron chi connectivity index (χ4n) is 2.24. The number of aromatic nitrogens is 1. The quantitative estimate of drug-likeness (QED) is 0.780. The van der Waals surface area contributed by atoms with Crippen LogP contribution in [0.3, 0.4) is 0 Å². The number of hydrogen-bond donors (Lipinski definition) is 1. The van der Waals surface area contributed by atoms with Crippen LogP contribution in [0.4, 0.5) is 5.82 Å². The predicted octanol–water partition coefficient (Wildman–Crippen LogP) is 1.81. The van der Waals surface area contributed by atoms with Gasteiger partial charge in [-0.2, -0.15) is 0 Å². The Balaban J connectivity index is 1.81. The molecule has 0 unspecified atom stereocenters. The van der Waals surface area contributed by atoms with Crippen molar-refractivity contribution < 1.29 is 4.74 Å². The molecule has 0 saturated carbocycles. The van der Waals surface area contributed by atoms with Crippen molar-refractivity contribution in [3.8, 4) is 0 Å². The highest BCUT2D eigenvalue weighted by Gasteiger charge is 2.11. The molecule has 1 aromatic heterocycles. The second-order valence-corrected chi connectivity index (χ2v) is 4.74. The first-order chi connectivity index (χ1) is 8.90. The van der Waals surface area contributed by atoms with E-state index in [-0.39, 0.29) is 0 Å². The average Bonchev–Trinajstić information content (AvgIpc) is 2.45. The van der Waals surface area contributed by atoms with Crippen molar-refractivity contribution in [3.05, 3.63) is 23.9 Å². The first-order valence-corrected chi connectivity index (χ1v) is 6.79. The molecule has 0 bridgehead atoms. The van der Waals surface area contributed by atoms with Crippen molar-refractivity contribution in [2.24, 2.45) is 0 Å². The Morgan fingerprint density at radius 1 is 1.28 bits per heavy atom. The summed E-state index contributed by atoms with van der Waals surface area (Å²) in [4.78, 5) is 6.94. The van der Waals surface area contributed by atoms with Crippen LogP contribution in [0, 0.1) is 0 Å². The predicted molar refractivity (Wildman–Crippen MR) is 73.9 cm³/mol. The van der Waals surface area contributed by atoms with Crippen molar-refractivity contribution in [3.63, 3.8) is 0 Å². The smallest absolute Gasteiger partial charge is 0.128 e. The van der Waals surface area contributed by atoms with E-state index < -0.39 is 0 Å². The van der Waals surface area contributed by atoms with Gasteiger partial charge in [0.1, 0.15) is 5.82 Å². The molecule has 1 aromatic rings. The van der Waals surface area contributed by atoms with Crippen LogP contribution in [-0.2, 0) is 11.3 Å². The van der Waals surface area contributed by atoms with Gasteiger partial charge in [-0.15, -0.1) is 0 Å². The second kappa shape index (κ2) is 7.34. The Kier molecular flexibility index (Phi) is 5.42. The number of nitrogens with zero attached hydrogens (tertiary/aromatic N) is 2. The van der Waals surface area contributed by atoms with Crippen LogP contribution in [0.25, 0.3) is 0 Å². The first kappa shape index (κ1) is 13.3. The summed E-state index contributed by atoms with van der Waals surface area (Å²) >= 11 is 0. The van der Waals surface area contributed by atoms with Gasteiger partial charge in [0, 0.05) is 39.5 Å². The number of piperidine rings is 1. The topological polar surface area (TPSA) is 37.4 Å². The highest BCUT2D eigenvalue weighted by Crippen LogP contribution is 2.17. The van der Waals surface area contributed by atoms with E-state index in [1.807, 2.05) is 6.20 Å². The van der Waals surface area contributed by atoms with Gasteiger partial charge in [-0.3, -0.25) is 0 Å². The summed E-state index contributed by atoms with van der Waals surface area (Å²) in [7, 11) is 1.72. The largest absolute Gasteiger partial charge is 0.383 e. The molecule has 18 heavy (non-hydrogen) atoms. The van der Waals surface area contributed by atoms with Crippen molar-refractivity contribution in [1.82, 2.24) is 10.3 Å². The minimum Gasteiger partial charge on any atom is -0.383 e. The van der Waals surface area contributed by atoms with E-state index in [1.54, 1.807) is 7.11 Å². The lowest BCUT2D eigenvalue weighted by Crippen LogP contribution is -2.30. The SMILES string of the molecule is COCCNCc1ccc(N2CCCCC2)nc1. The van der Waals surface area contributed by atoms with Crippen LogP contribution in [0.15, 0.2) is 18.3 Å².